The topological polar surface area (TPSA) is 54.4 Å². The highest BCUT2D eigenvalue weighted by Crippen LogP contribution is 2.64. The zero-order valence-electron chi connectivity index (χ0n) is 14.7. The van der Waals surface area contributed by atoms with E-state index in [-0.39, 0.29) is 10.8 Å². The summed E-state index contributed by atoms with van der Waals surface area (Å²) in [5.74, 6) is 2.88. The number of Topliss-reactive ketones (excluding diaryl/α,β-unsaturated/α-hetero) is 1. The quantitative estimate of drug-likeness (QED) is 0.741. The minimum absolute atomic E-state index is 0.0246. The fourth-order valence-corrected chi connectivity index (χ4v) is 6.33. The average Bonchev–Trinajstić information content (AvgIpc) is 2.86. The van der Waals surface area contributed by atoms with Crippen LogP contribution in [0.3, 0.4) is 0 Å². The molecule has 4 aliphatic rings. The molecule has 0 aromatic rings. The summed E-state index contributed by atoms with van der Waals surface area (Å²) in [6, 6.07) is 0. The molecule has 0 amide bonds. The van der Waals surface area contributed by atoms with Crippen LogP contribution >= 0.6 is 0 Å². The van der Waals surface area contributed by atoms with Crippen LogP contribution in [0.5, 0.6) is 0 Å². The van der Waals surface area contributed by atoms with E-state index >= 15 is 0 Å². The molecule has 3 fully saturated rings. The van der Waals surface area contributed by atoms with Crippen LogP contribution in [0, 0.1) is 28.6 Å². The standard InChI is InChI=1S/C19H26O2.CH4O/c1-18-9-7-13(20)11-12(18)3-4-14-15-5-6-17(21)19(15,2)10-8-16(14)18;1-2/h11,14-16H,3-10H2,1-2H3;2H,1H3. The van der Waals surface area contributed by atoms with Crippen LogP contribution in [0.4, 0.5) is 0 Å². The van der Waals surface area contributed by atoms with Gasteiger partial charge in [0.2, 0.25) is 0 Å². The van der Waals surface area contributed by atoms with Crippen LogP contribution in [0.1, 0.15) is 65.2 Å². The Hall–Kier alpha value is -0.960. The van der Waals surface area contributed by atoms with Crippen LogP contribution in [0.25, 0.3) is 0 Å². The molecule has 5 atom stereocenters. The average molecular weight is 318 g/mol. The molecule has 3 saturated carbocycles. The number of allylic oxidation sites excluding steroid dienone is 1. The molecule has 0 radical (unpaired) electrons. The second-order valence-corrected chi connectivity index (χ2v) is 8.39. The molecule has 5 unspecified atom stereocenters. The Bertz CT molecular complexity index is 549. The van der Waals surface area contributed by atoms with Crippen LogP contribution in [-0.4, -0.2) is 23.8 Å². The van der Waals surface area contributed by atoms with Gasteiger partial charge in [-0.25, -0.2) is 0 Å². The van der Waals surface area contributed by atoms with Gasteiger partial charge in [0, 0.05) is 25.4 Å². The van der Waals surface area contributed by atoms with E-state index in [0.717, 1.165) is 45.6 Å². The van der Waals surface area contributed by atoms with Crippen molar-refractivity contribution >= 4 is 11.6 Å². The third-order valence-electron chi connectivity index (χ3n) is 7.67. The minimum Gasteiger partial charge on any atom is -0.400 e. The van der Waals surface area contributed by atoms with E-state index in [2.05, 4.69) is 13.8 Å². The van der Waals surface area contributed by atoms with E-state index in [1.807, 2.05) is 6.08 Å². The monoisotopic (exact) mass is 318 g/mol. The molecule has 4 aliphatic carbocycles. The first kappa shape index (κ1) is 16.9. The highest BCUT2D eigenvalue weighted by molar-refractivity contribution is 5.91. The Morgan fingerprint density at radius 1 is 0.913 bits per heavy atom. The SMILES string of the molecule is CC12CCC3C(CCC4=CC(=O)CCC43C)C1CCC2=O.CO. The van der Waals surface area contributed by atoms with Gasteiger partial charge in [0.15, 0.2) is 5.78 Å². The van der Waals surface area contributed by atoms with Crippen molar-refractivity contribution in [2.24, 2.45) is 28.6 Å². The van der Waals surface area contributed by atoms with Gasteiger partial charge in [-0.2, -0.15) is 0 Å². The lowest BCUT2D eigenvalue weighted by molar-refractivity contribution is -0.132. The Morgan fingerprint density at radius 3 is 2.35 bits per heavy atom. The van der Waals surface area contributed by atoms with Crippen molar-refractivity contribution in [3.63, 3.8) is 0 Å². The molecule has 0 saturated heterocycles. The third-order valence-corrected chi connectivity index (χ3v) is 7.67. The highest BCUT2D eigenvalue weighted by Gasteiger charge is 2.58. The maximum atomic E-state index is 12.4. The number of hydrogen-bond acceptors (Lipinski definition) is 3. The first-order valence-electron chi connectivity index (χ1n) is 9.17. The van der Waals surface area contributed by atoms with Crippen LogP contribution in [0.15, 0.2) is 11.6 Å². The van der Waals surface area contributed by atoms with Crippen LogP contribution in [0.2, 0.25) is 0 Å². The lowest BCUT2D eigenvalue weighted by atomic mass is 9.47. The van der Waals surface area contributed by atoms with E-state index in [0.29, 0.717) is 29.3 Å². The molecular formula is C20H30O3. The van der Waals surface area contributed by atoms with Gasteiger partial charge in [0.25, 0.3) is 0 Å². The van der Waals surface area contributed by atoms with Gasteiger partial charge in [-0.15, -0.1) is 0 Å². The molecule has 3 heteroatoms. The number of rotatable bonds is 0. The van der Waals surface area contributed by atoms with Gasteiger partial charge >= 0.3 is 0 Å². The second kappa shape index (κ2) is 5.84. The maximum Gasteiger partial charge on any atom is 0.155 e. The van der Waals surface area contributed by atoms with Crippen LogP contribution in [-0.2, 0) is 9.59 Å². The lowest BCUT2D eigenvalue weighted by Gasteiger charge is -2.56. The number of carbonyl (C=O) groups is 2. The van der Waals surface area contributed by atoms with Crippen molar-refractivity contribution in [1.82, 2.24) is 0 Å². The Kier molecular flexibility index (Phi) is 4.29. The van der Waals surface area contributed by atoms with Crippen molar-refractivity contribution < 1.29 is 14.7 Å². The molecule has 4 rings (SSSR count). The molecule has 3 nitrogen and oxygen atoms in total. The Balaban J connectivity index is 0.000000753. The van der Waals surface area contributed by atoms with Gasteiger partial charge in [-0.3, -0.25) is 9.59 Å². The zero-order valence-corrected chi connectivity index (χ0v) is 14.7. The smallest absolute Gasteiger partial charge is 0.155 e. The van der Waals surface area contributed by atoms with Gasteiger partial charge in [0.05, 0.1) is 0 Å². The van der Waals surface area contributed by atoms with Crippen molar-refractivity contribution in [3.05, 3.63) is 11.6 Å². The minimum atomic E-state index is -0.0246. The van der Waals surface area contributed by atoms with E-state index in [9.17, 15) is 9.59 Å². The zero-order chi connectivity index (χ0) is 16.8. The van der Waals surface area contributed by atoms with E-state index in [1.54, 1.807) is 0 Å². The molecule has 0 heterocycles. The van der Waals surface area contributed by atoms with E-state index in [4.69, 9.17) is 5.11 Å². The summed E-state index contributed by atoms with van der Waals surface area (Å²) in [5, 5.41) is 7.00. The van der Waals surface area contributed by atoms with Crippen molar-refractivity contribution in [3.8, 4) is 0 Å². The third kappa shape index (κ3) is 2.34. The number of ketones is 2. The predicted molar refractivity (Wildman–Crippen MR) is 89.9 cm³/mol. The van der Waals surface area contributed by atoms with E-state index in [1.165, 1.54) is 18.4 Å². The number of aliphatic hydroxyl groups is 1. The van der Waals surface area contributed by atoms with Gasteiger partial charge < -0.3 is 5.11 Å². The lowest BCUT2D eigenvalue weighted by Crippen LogP contribution is -2.50. The van der Waals surface area contributed by atoms with Gasteiger partial charge in [-0.05, 0) is 67.8 Å². The summed E-state index contributed by atoms with van der Waals surface area (Å²) >= 11 is 0. The molecule has 0 spiro atoms. The van der Waals surface area contributed by atoms with Gasteiger partial charge in [-0.1, -0.05) is 19.4 Å². The van der Waals surface area contributed by atoms with E-state index < -0.39 is 0 Å². The summed E-state index contributed by atoms with van der Waals surface area (Å²) in [6.45, 7) is 4.64. The summed E-state index contributed by atoms with van der Waals surface area (Å²) in [6.07, 6.45) is 10.2. The molecule has 0 aromatic heterocycles. The highest BCUT2D eigenvalue weighted by atomic mass is 16.2. The summed E-state index contributed by atoms with van der Waals surface area (Å²) in [4.78, 5) is 24.1. The van der Waals surface area contributed by atoms with Gasteiger partial charge in [0.1, 0.15) is 5.78 Å². The molecule has 0 aliphatic heterocycles. The molecule has 23 heavy (non-hydrogen) atoms. The second-order valence-electron chi connectivity index (χ2n) is 8.39. The predicted octanol–water partition coefficient (Wildman–Crippen LogP) is 3.70. The molecular weight excluding hydrogens is 288 g/mol. The fourth-order valence-electron chi connectivity index (χ4n) is 6.33. The Morgan fingerprint density at radius 2 is 1.61 bits per heavy atom. The molecule has 128 valence electrons. The summed E-state index contributed by atoms with van der Waals surface area (Å²) in [5.41, 5.74) is 1.64. The number of fused-ring (bicyclic) bond motifs is 5. The molecule has 1 N–H and O–H groups in total. The number of aliphatic hydroxyl groups excluding tert-OH is 1. The van der Waals surface area contributed by atoms with Crippen molar-refractivity contribution in [2.45, 2.75) is 65.2 Å². The fraction of sp³-hybridized carbons (Fsp3) is 0.800. The normalized spacial score (nSPS) is 45.2. The molecule has 0 bridgehead atoms. The molecule has 0 aromatic carbocycles. The summed E-state index contributed by atoms with van der Waals surface area (Å²) in [7, 11) is 1.00. The van der Waals surface area contributed by atoms with Crippen molar-refractivity contribution in [2.75, 3.05) is 7.11 Å². The first-order chi connectivity index (χ1) is 10.9. The number of hydrogen-bond donors (Lipinski definition) is 1. The van der Waals surface area contributed by atoms with Crippen LogP contribution < -0.4 is 0 Å². The summed E-state index contributed by atoms with van der Waals surface area (Å²) < 4.78 is 0. The first-order valence-corrected chi connectivity index (χ1v) is 9.17. The largest absolute Gasteiger partial charge is 0.400 e. The Labute approximate surface area is 139 Å². The van der Waals surface area contributed by atoms with Crippen molar-refractivity contribution in [1.29, 1.82) is 0 Å². The maximum absolute atomic E-state index is 12.4. The number of carbonyl (C=O) groups excluding carboxylic acids is 2.